The molecule has 1 N–H and O–H groups in total. The van der Waals surface area contributed by atoms with E-state index in [9.17, 15) is 13.6 Å². The molecule has 1 atom stereocenters. The van der Waals surface area contributed by atoms with Gasteiger partial charge in [-0.15, -0.1) is 11.3 Å². The second-order valence-electron chi connectivity index (χ2n) is 7.91. The minimum Gasteiger partial charge on any atom is -0.493 e. The summed E-state index contributed by atoms with van der Waals surface area (Å²) in [5, 5.41) is 5.71. The van der Waals surface area contributed by atoms with Gasteiger partial charge in [0.15, 0.2) is 17.4 Å². The number of rotatable bonds is 8. The van der Waals surface area contributed by atoms with Crippen molar-refractivity contribution < 1.29 is 23.0 Å². The van der Waals surface area contributed by atoms with Gasteiger partial charge in [0, 0.05) is 30.4 Å². The van der Waals surface area contributed by atoms with Gasteiger partial charge in [0.2, 0.25) is 5.91 Å². The molecular weight excluding hydrogens is 398 g/mol. The highest BCUT2D eigenvalue weighted by Crippen LogP contribution is 2.42. The molecule has 2 aliphatic carbocycles. The molecule has 1 amide bonds. The van der Waals surface area contributed by atoms with Gasteiger partial charge < -0.3 is 14.8 Å². The van der Waals surface area contributed by atoms with E-state index >= 15 is 0 Å². The van der Waals surface area contributed by atoms with E-state index in [1.807, 2.05) is 12.3 Å². The van der Waals surface area contributed by atoms with Gasteiger partial charge >= 0.3 is 0 Å². The van der Waals surface area contributed by atoms with Crippen LogP contribution in [-0.4, -0.2) is 23.6 Å². The van der Waals surface area contributed by atoms with Crippen molar-refractivity contribution in [2.45, 2.75) is 57.6 Å². The lowest BCUT2D eigenvalue weighted by Crippen LogP contribution is -2.33. The standard InChI is InChI=1S/C21H24F2N2O3S/c1-11(24-12(2)26)19-10-29-21(25-19)14-5-16(6-14)28-20-17(22)7-15(8-18(20)23)27-9-13-3-4-13/h7-8,10-11,13-14,16H,3-6,9H2,1-2H3,(H,24,26)/t11-,14?,16?/m0/s1. The van der Waals surface area contributed by atoms with Crippen molar-refractivity contribution in [1.82, 2.24) is 10.3 Å². The molecule has 0 saturated heterocycles. The second-order valence-corrected chi connectivity index (χ2v) is 8.80. The minimum absolute atomic E-state index is 0.0998. The van der Waals surface area contributed by atoms with Crippen molar-refractivity contribution in [3.8, 4) is 11.5 Å². The third-order valence-corrected chi connectivity index (χ3v) is 6.31. The Morgan fingerprint density at radius 1 is 1.31 bits per heavy atom. The number of halogens is 2. The van der Waals surface area contributed by atoms with Gasteiger partial charge in [0.05, 0.1) is 23.4 Å². The Morgan fingerprint density at radius 2 is 2.00 bits per heavy atom. The lowest BCUT2D eigenvalue weighted by atomic mass is 9.82. The highest BCUT2D eigenvalue weighted by Gasteiger charge is 2.35. The number of benzene rings is 1. The number of hydrogen-bond donors (Lipinski definition) is 1. The largest absolute Gasteiger partial charge is 0.493 e. The van der Waals surface area contributed by atoms with Crippen LogP contribution in [0.25, 0.3) is 0 Å². The first-order valence-corrected chi connectivity index (χ1v) is 10.8. The smallest absolute Gasteiger partial charge is 0.217 e. The van der Waals surface area contributed by atoms with Crippen LogP contribution in [0, 0.1) is 17.6 Å². The van der Waals surface area contributed by atoms with Crippen LogP contribution in [0.4, 0.5) is 8.78 Å². The van der Waals surface area contributed by atoms with Gasteiger partial charge in [-0.05, 0) is 38.5 Å². The molecule has 2 aliphatic rings. The second kappa shape index (κ2) is 8.26. The predicted molar refractivity (Wildman–Crippen MR) is 105 cm³/mol. The number of nitrogens with one attached hydrogen (secondary N) is 1. The van der Waals surface area contributed by atoms with E-state index < -0.39 is 11.6 Å². The summed E-state index contributed by atoms with van der Waals surface area (Å²) in [7, 11) is 0. The van der Waals surface area contributed by atoms with Crippen molar-refractivity contribution in [2.24, 2.45) is 5.92 Å². The number of nitrogens with zero attached hydrogens (tertiary/aromatic N) is 1. The Kier molecular flexibility index (Phi) is 5.72. The molecule has 4 rings (SSSR count). The van der Waals surface area contributed by atoms with Crippen molar-refractivity contribution in [3.63, 3.8) is 0 Å². The molecule has 156 valence electrons. The Bertz CT molecular complexity index is 871. The number of carbonyl (C=O) groups is 1. The van der Waals surface area contributed by atoms with E-state index in [0.29, 0.717) is 25.4 Å². The molecule has 0 unspecified atom stereocenters. The molecule has 0 spiro atoms. The topological polar surface area (TPSA) is 60.5 Å². The molecule has 2 fully saturated rings. The SMILES string of the molecule is CC(=O)N[C@@H](C)c1csc(C2CC(Oc3c(F)cc(OCC4CC4)cc3F)C2)n1. The average Bonchev–Trinajstić information content (AvgIpc) is 3.32. The summed E-state index contributed by atoms with van der Waals surface area (Å²) in [5.41, 5.74) is 0.823. The molecule has 8 heteroatoms. The van der Waals surface area contributed by atoms with E-state index in [1.54, 1.807) is 0 Å². The zero-order valence-electron chi connectivity index (χ0n) is 16.4. The van der Waals surface area contributed by atoms with E-state index in [1.165, 1.54) is 30.4 Å². The van der Waals surface area contributed by atoms with Crippen molar-refractivity contribution >= 4 is 17.2 Å². The van der Waals surface area contributed by atoms with Crippen LogP contribution in [0.3, 0.4) is 0 Å². The normalized spacial score (nSPS) is 21.9. The fourth-order valence-electron chi connectivity index (χ4n) is 3.33. The highest BCUT2D eigenvalue weighted by atomic mass is 32.1. The van der Waals surface area contributed by atoms with E-state index in [2.05, 4.69) is 10.3 Å². The maximum absolute atomic E-state index is 14.3. The molecule has 0 aliphatic heterocycles. The minimum atomic E-state index is -0.736. The molecule has 1 heterocycles. The zero-order chi connectivity index (χ0) is 20.5. The van der Waals surface area contributed by atoms with Crippen LogP contribution in [0.2, 0.25) is 0 Å². The van der Waals surface area contributed by atoms with E-state index in [-0.39, 0.29) is 35.5 Å². The Morgan fingerprint density at radius 3 is 2.62 bits per heavy atom. The summed E-state index contributed by atoms with van der Waals surface area (Å²) >= 11 is 1.54. The van der Waals surface area contributed by atoms with E-state index in [0.717, 1.165) is 23.5 Å². The molecule has 1 aromatic carbocycles. The maximum atomic E-state index is 14.3. The lowest BCUT2D eigenvalue weighted by molar-refractivity contribution is -0.119. The summed E-state index contributed by atoms with van der Waals surface area (Å²) in [5.74, 6) is -0.996. The molecule has 1 aromatic heterocycles. The van der Waals surface area contributed by atoms with Crippen molar-refractivity contribution in [2.75, 3.05) is 6.61 Å². The average molecular weight is 422 g/mol. The van der Waals surface area contributed by atoms with Crippen LogP contribution in [-0.2, 0) is 4.79 Å². The third-order valence-electron chi connectivity index (χ3n) is 5.29. The summed E-state index contributed by atoms with van der Waals surface area (Å²) in [4.78, 5) is 15.8. The monoisotopic (exact) mass is 422 g/mol. The predicted octanol–water partition coefficient (Wildman–Crippen LogP) is 4.73. The van der Waals surface area contributed by atoms with Gasteiger partial charge in [-0.2, -0.15) is 0 Å². The molecule has 0 bridgehead atoms. The molecule has 2 saturated carbocycles. The molecule has 0 radical (unpaired) electrons. The van der Waals surface area contributed by atoms with Gasteiger partial charge in [-0.3, -0.25) is 4.79 Å². The number of hydrogen-bond acceptors (Lipinski definition) is 5. The molecule has 5 nitrogen and oxygen atoms in total. The number of thiazole rings is 1. The van der Waals surface area contributed by atoms with Crippen LogP contribution in [0.5, 0.6) is 11.5 Å². The maximum Gasteiger partial charge on any atom is 0.217 e. The first kappa shape index (κ1) is 20.1. The number of carbonyl (C=O) groups excluding carboxylic acids is 1. The van der Waals surface area contributed by atoms with Gasteiger partial charge in [-0.1, -0.05) is 0 Å². The first-order chi connectivity index (χ1) is 13.9. The van der Waals surface area contributed by atoms with Crippen LogP contribution in [0.15, 0.2) is 17.5 Å². The van der Waals surface area contributed by atoms with Crippen LogP contribution in [0.1, 0.15) is 62.2 Å². The molecule has 2 aromatic rings. The lowest BCUT2D eigenvalue weighted by Gasteiger charge is -2.34. The Balaban J connectivity index is 1.31. The zero-order valence-corrected chi connectivity index (χ0v) is 17.2. The highest BCUT2D eigenvalue weighted by molar-refractivity contribution is 7.09. The van der Waals surface area contributed by atoms with Gasteiger partial charge in [-0.25, -0.2) is 13.8 Å². The van der Waals surface area contributed by atoms with Crippen molar-refractivity contribution in [1.29, 1.82) is 0 Å². The number of ether oxygens (including phenoxy) is 2. The van der Waals surface area contributed by atoms with Crippen molar-refractivity contribution in [3.05, 3.63) is 39.8 Å². The third kappa shape index (κ3) is 4.86. The Hall–Kier alpha value is -2.22. The van der Waals surface area contributed by atoms with Gasteiger partial charge in [0.1, 0.15) is 11.9 Å². The summed E-state index contributed by atoms with van der Waals surface area (Å²) < 4.78 is 39.6. The van der Waals surface area contributed by atoms with Gasteiger partial charge in [0.25, 0.3) is 0 Å². The molecular formula is C21H24F2N2O3S. The quantitative estimate of drug-likeness (QED) is 0.668. The van der Waals surface area contributed by atoms with E-state index in [4.69, 9.17) is 9.47 Å². The fraction of sp³-hybridized carbons (Fsp3) is 0.524. The summed E-state index contributed by atoms with van der Waals surface area (Å²) in [6, 6.07) is 2.23. The Labute approximate surface area is 172 Å². The summed E-state index contributed by atoms with van der Waals surface area (Å²) in [6.07, 6.45) is 3.28. The molecule has 29 heavy (non-hydrogen) atoms. The van der Waals surface area contributed by atoms with Crippen LogP contribution < -0.4 is 14.8 Å². The van der Waals surface area contributed by atoms with Crippen LogP contribution >= 0.6 is 11.3 Å². The number of aromatic nitrogens is 1. The fourth-order valence-corrected chi connectivity index (χ4v) is 4.37. The first-order valence-electron chi connectivity index (χ1n) is 9.90. The number of amides is 1. The summed E-state index contributed by atoms with van der Waals surface area (Å²) in [6.45, 7) is 3.86.